The van der Waals surface area contributed by atoms with E-state index in [9.17, 15) is 18.0 Å². The van der Waals surface area contributed by atoms with Gasteiger partial charge in [-0.25, -0.2) is 13.1 Å². The lowest BCUT2D eigenvalue weighted by Crippen LogP contribution is -2.51. The molecule has 4 heterocycles. The van der Waals surface area contributed by atoms with Crippen molar-refractivity contribution >= 4 is 50.2 Å². The van der Waals surface area contributed by atoms with Gasteiger partial charge in [0.25, 0.3) is 5.91 Å². The molecule has 0 saturated carbocycles. The van der Waals surface area contributed by atoms with Crippen LogP contribution in [0.2, 0.25) is 0 Å². The van der Waals surface area contributed by atoms with Gasteiger partial charge in [0.2, 0.25) is 15.9 Å². The molecule has 1 fully saturated rings. The fourth-order valence-corrected chi connectivity index (χ4v) is 6.89. The number of hydrogen-bond donors (Lipinski definition) is 2. The van der Waals surface area contributed by atoms with Gasteiger partial charge in [-0.1, -0.05) is 12.1 Å². The molecule has 1 saturated heterocycles. The van der Waals surface area contributed by atoms with E-state index in [0.29, 0.717) is 24.2 Å². The Bertz CT molecular complexity index is 1220. The van der Waals surface area contributed by atoms with Gasteiger partial charge in [0, 0.05) is 6.54 Å². The lowest BCUT2D eigenvalue weighted by atomic mass is 10.0. The fourth-order valence-electron chi connectivity index (χ4n) is 3.94. The van der Waals surface area contributed by atoms with E-state index in [1.807, 2.05) is 22.9 Å². The SMILES string of the molecule is O=C1Nc2ccc(-c3ccsc3)cc2C(=O)N2CCC(NS(=O)(=O)c3cccs3)C12. The number of anilines is 1. The molecule has 0 aliphatic carbocycles. The number of nitrogens with zero attached hydrogens (tertiary/aromatic N) is 1. The molecule has 1 aromatic carbocycles. The van der Waals surface area contributed by atoms with E-state index in [1.165, 1.54) is 11.0 Å². The number of nitrogens with one attached hydrogen (secondary N) is 2. The first kappa shape index (κ1) is 19.4. The van der Waals surface area contributed by atoms with Crippen LogP contribution in [0, 0.1) is 0 Å². The summed E-state index contributed by atoms with van der Waals surface area (Å²) in [5.41, 5.74) is 2.76. The molecule has 5 rings (SSSR count). The summed E-state index contributed by atoms with van der Waals surface area (Å²) in [7, 11) is -3.76. The van der Waals surface area contributed by atoms with E-state index in [1.54, 1.807) is 34.9 Å². The summed E-state index contributed by atoms with van der Waals surface area (Å²) in [5, 5.41) is 8.46. The minimum Gasteiger partial charge on any atom is -0.325 e. The maximum Gasteiger partial charge on any atom is 0.256 e. The van der Waals surface area contributed by atoms with Crippen molar-refractivity contribution in [2.24, 2.45) is 0 Å². The van der Waals surface area contributed by atoms with Crippen LogP contribution in [0.3, 0.4) is 0 Å². The smallest absolute Gasteiger partial charge is 0.256 e. The number of fused-ring (bicyclic) bond motifs is 2. The lowest BCUT2D eigenvalue weighted by Gasteiger charge is -2.24. The van der Waals surface area contributed by atoms with Gasteiger partial charge < -0.3 is 10.2 Å². The van der Waals surface area contributed by atoms with Gasteiger partial charge in [0.05, 0.1) is 17.3 Å². The summed E-state index contributed by atoms with van der Waals surface area (Å²) in [4.78, 5) is 27.7. The second-order valence-electron chi connectivity index (χ2n) is 7.15. The van der Waals surface area contributed by atoms with Crippen LogP contribution in [0.5, 0.6) is 0 Å². The van der Waals surface area contributed by atoms with Gasteiger partial charge in [-0.3, -0.25) is 9.59 Å². The molecule has 2 N–H and O–H groups in total. The van der Waals surface area contributed by atoms with Gasteiger partial charge in [0.15, 0.2) is 0 Å². The number of sulfonamides is 1. The number of thiophene rings is 2. The Labute approximate surface area is 181 Å². The first-order chi connectivity index (χ1) is 14.4. The van der Waals surface area contributed by atoms with Gasteiger partial charge in [-0.05, 0) is 58.0 Å². The highest BCUT2D eigenvalue weighted by atomic mass is 32.2. The van der Waals surface area contributed by atoms with Crippen molar-refractivity contribution in [2.45, 2.75) is 22.7 Å². The Morgan fingerprint density at radius 1 is 1.10 bits per heavy atom. The standard InChI is InChI=1S/C20H17N3O4S3/c24-19-18-16(22-30(26,27)17-2-1-8-29-17)5-7-23(18)20(25)14-10-12(3-4-15(14)21-19)13-6-9-28-11-13/h1-4,6,8-11,16,18,22H,5,7H2,(H,21,24). The first-order valence-corrected chi connectivity index (χ1v) is 12.6. The van der Waals surface area contributed by atoms with E-state index in [4.69, 9.17) is 0 Å². The summed E-state index contributed by atoms with van der Waals surface area (Å²) in [6, 6.07) is 8.93. The van der Waals surface area contributed by atoms with E-state index in [0.717, 1.165) is 22.5 Å². The number of amides is 2. The van der Waals surface area contributed by atoms with Crippen molar-refractivity contribution in [2.75, 3.05) is 11.9 Å². The fraction of sp³-hybridized carbons (Fsp3) is 0.200. The van der Waals surface area contributed by atoms with Gasteiger partial charge >= 0.3 is 0 Å². The van der Waals surface area contributed by atoms with E-state index in [-0.39, 0.29) is 16.0 Å². The number of benzene rings is 1. The molecule has 2 aliphatic rings. The minimum atomic E-state index is -3.76. The van der Waals surface area contributed by atoms with E-state index >= 15 is 0 Å². The molecule has 2 amide bonds. The molecule has 154 valence electrons. The lowest BCUT2D eigenvalue weighted by molar-refractivity contribution is -0.120. The zero-order chi connectivity index (χ0) is 20.9. The third-order valence-corrected chi connectivity index (χ3v) is 8.93. The van der Waals surface area contributed by atoms with Crippen LogP contribution >= 0.6 is 22.7 Å². The Kier molecular flexibility index (Phi) is 4.73. The molecular formula is C20H17N3O4S3. The van der Waals surface area contributed by atoms with Crippen molar-refractivity contribution in [3.63, 3.8) is 0 Å². The molecule has 2 aromatic heterocycles. The molecule has 7 nitrogen and oxygen atoms in total. The molecule has 2 unspecified atom stereocenters. The van der Waals surface area contributed by atoms with Crippen LogP contribution in [0.25, 0.3) is 11.1 Å². The topological polar surface area (TPSA) is 95.6 Å². The van der Waals surface area contributed by atoms with Crippen LogP contribution in [0.15, 0.2) is 56.7 Å². The predicted octanol–water partition coefficient (Wildman–Crippen LogP) is 2.99. The van der Waals surface area contributed by atoms with Crippen LogP contribution in [-0.4, -0.2) is 43.8 Å². The van der Waals surface area contributed by atoms with Gasteiger partial charge in [0.1, 0.15) is 10.3 Å². The average molecular weight is 460 g/mol. The molecule has 2 aliphatic heterocycles. The Balaban J connectivity index is 1.47. The van der Waals surface area contributed by atoms with E-state index < -0.39 is 22.1 Å². The molecule has 0 bridgehead atoms. The first-order valence-electron chi connectivity index (χ1n) is 9.28. The highest BCUT2D eigenvalue weighted by Crippen LogP contribution is 2.33. The molecule has 0 spiro atoms. The molecular weight excluding hydrogens is 442 g/mol. The zero-order valence-electron chi connectivity index (χ0n) is 15.6. The number of carbonyl (C=O) groups excluding carboxylic acids is 2. The van der Waals surface area contributed by atoms with Crippen LogP contribution in [0.1, 0.15) is 16.8 Å². The largest absolute Gasteiger partial charge is 0.325 e. The predicted molar refractivity (Wildman–Crippen MR) is 116 cm³/mol. The third kappa shape index (κ3) is 3.25. The normalized spacial score (nSPS) is 21.1. The summed E-state index contributed by atoms with van der Waals surface area (Å²) in [6.07, 6.45) is 0.369. The van der Waals surface area contributed by atoms with Crippen molar-refractivity contribution in [1.29, 1.82) is 0 Å². The van der Waals surface area contributed by atoms with Crippen LogP contribution in [0.4, 0.5) is 5.69 Å². The summed E-state index contributed by atoms with van der Waals surface area (Å²) >= 11 is 2.67. The number of carbonyl (C=O) groups is 2. The van der Waals surface area contributed by atoms with Gasteiger partial charge in [-0.15, -0.1) is 11.3 Å². The number of rotatable bonds is 4. The van der Waals surface area contributed by atoms with Crippen molar-refractivity contribution in [3.05, 3.63) is 58.1 Å². The van der Waals surface area contributed by atoms with Crippen LogP contribution < -0.4 is 10.0 Å². The number of hydrogen-bond acceptors (Lipinski definition) is 6. The highest BCUT2D eigenvalue weighted by molar-refractivity contribution is 7.91. The van der Waals surface area contributed by atoms with Crippen molar-refractivity contribution in [3.8, 4) is 11.1 Å². The van der Waals surface area contributed by atoms with Gasteiger partial charge in [-0.2, -0.15) is 11.3 Å². The minimum absolute atomic E-state index is 0.185. The van der Waals surface area contributed by atoms with E-state index in [2.05, 4.69) is 10.0 Å². The molecule has 2 atom stereocenters. The highest BCUT2D eigenvalue weighted by Gasteiger charge is 2.46. The zero-order valence-corrected chi connectivity index (χ0v) is 18.0. The second kappa shape index (κ2) is 7.31. The molecule has 3 aromatic rings. The maximum absolute atomic E-state index is 13.3. The van der Waals surface area contributed by atoms with Crippen LogP contribution in [-0.2, 0) is 14.8 Å². The molecule has 0 radical (unpaired) electrons. The average Bonchev–Trinajstić information content (AvgIpc) is 3.47. The Hall–Kier alpha value is -2.53. The molecule has 10 heteroatoms. The van der Waals surface area contributed by atoms with Crippen molar-refractivity contribution < 1.29 is 18.0 Å². The van der Waals surface area contributed by atoms with Crippen molar-refractivity contribution in [1.82, 2.24) is 9.62 Å². The molecule has 30 heavy (non-hydrogen) atoms. The maximum atomic E-state index is 13.3. The summed E-state index contributed by atoms with van der Waals surface area (Å²) in [6.45, 7) is 0.302. The second-order valence-corrected chi connectivity index (χ2v) is 10.8. The third-order valence-electron chi connectivity index (χ3n) is 5.36. The Morgan fingerprint density at radius 2 is 1.97 bits per heavy atom. The summed E-state index contributed by atoms with van der Waals surface area (Å²) < 4.78 is 28.1. The summed E-state index contributed by atoms with van der Waals surface area (Å²) in [5.74, 6) is -0.662. The Morgan fingerprint density at radius 3 is 2.70 bits per heavy atom. The quantitative estimate of drug-likeness (QED) is 0.627. The monoisotopic (exact) mass is 459 g/mol.